The summed E-state index contributed by atoms with van der Waals surface area (Å²) in [6.07, 6.45) is 2.28. The van der Waals surface area contributed by atoms with Gasteiger partial charge in [0.25, 0.3) is 0 Å². The van der Waals surface area contributed by atoms with E-state index >= 15 is 0 Å². The van der Waals surface area contributed by atoms with Crippen molar-refractivity contribution in [2.75, 3.05) is 0 Å². The number of carbonyl (C=O) groups is 2. The van der Waals surface area contributed by atoms with Crippen molar-refractivity contribution >= 4 is 29.2 Å². The number of aromatic nitrogens is 1. The molecule has 2 fully saturated rings. The Morgan fingerprint density at radius 3 is 2.56 bits per heavy atom. The summed E-state index contributed by atoms with van der Waals surface area (Å²) in [5.74, 6) is -1.52. The van der Waals surface area contributed by atoms with Gasteiger partial charge < -0.3 is 19.7 Å². The van der Waals surface area contributed by atoms with E-state index in [9.17, 15) is 19.8 Å². The van der Waals surface area contributed by atoms with Gasteiger partial charge >= 0.3 is 5.97 Å². The number of epoxide rings is 1. The molecule has 190 valence electrons. The van der Waals surface area contributed by atoms with E-state index in [1.54, 1.807) is 32.1 Å². The van der Waals surface area contributed by atoms with Crippen LogP contribution in [0.4, 0.5) is 0 Å². The normalized spacial score (nSPS) is 36.0. The van der Waals surface area contributed by atoms with Crippen LogP contribution in [0.2, 0.25) is 0 Å². The van der Waals surface area contributed by atoms with Gasteiger partial charge in [-0.1, -0.05) is 34.1 Å². The third-order valence-electron chi connectivity index (χ3n) is 7.41. The van der Waals surface area contributed by atoms with Crippen molar-refractivity contribution in [3.63, 3.8) is 0 Å². The number of Topliss-reactive ketones (excluding diaryl/α,β-unsaturated/α-hetero) is 1. The molecule has 7 atom stereocenters. The van der Waals surface area contributed by atoms with Crippen LogP contribution in [-0.4, -0.2) is 57.5 Å². The van der Waals surface area contributed by atoms with E-state index in [4.69, 9.17) is 9.47 Å². The minimum absolute atomic E-state index is 0.00770. The van der Waals surface area contributed by atoms with Crippen LogP contribution in [0.15, 0.2) is 11.0 Å². The fourth-order valence-corrected chi connectivity index (χ4v) is 5.35. The topological polar surface area (TPSA) is 109 Å². The van der Waals surface area contributed by atoms with Crippen LogP contribution < -0.4 is 0 Å². The van der Waals surface area contributed by atoms with E-state index in [0.717, 1.165) is 35.5 Å². The summed E-state index contributed by atoms with van der Waals surface area (Å²) < 4.78 is 11.7. The molecule has 2 N–H and O–H groups in total. The average Bonchev–Trinajstić information content (AvgIpc) is 3.38. The predicted molar refractivity (Wildman–Crippen MR) is 131 cm³/mol. The molecule has 2 aliphatic heterocycles. The highest BCUT2D eigenvalue weighted by molar-refractivity contribution is 7.09. The number of hydrogen-bond acceptors (Lipinski definition) is 8. The first-order chi connectivity index (χ1) is 15.9. The first-order valence-corrected chi connectivity index (χ1v) is 13.1. The van der Waals surface area contributed by atoms with Crippen molar-refractivity contribution in [3.8, 4) is 0 Å². The fraction of sp³-hybridized carbons (Fsp3) is 0.731. The Kier molecular flexibility index (Phi) is 8.71. The summed E-state index contributed by atoms with van der Waals surface area (Å²) in [7, 11) is 0. The molecule has 8 heteroatoms. The zero-order valence-electron chi connectivity index (χ0n) is 21.1. The molecule has 0 radical (unpaired) electrons. The second kappa shape index (κ2) is 11.0. The number of ether oxygens (including phenoxy) is 2. The van der Waals surface area contributed by atoms with Gasteiger partial charge in [0.05, 0.1) is 47.0 Å². The minimum Gasteiger partial charge on any atom is -0.458 e. The molecule has 1 aromatic rings. The lowest BCUT2D eigenvalue weighted by Gasteiger charge is -2.34. The average molecular weight is 494 g/mol. The lowest BCUT2D eigenvalue weighted by Crippen LogP contribution is -2.45. The van der Waals surface area contributed by atoms with Gasteiger partial charge in [-0.2, -0.15) is 0 Å². The summed E-state index contributed by atoms with van der Waals surface area (Å²) in [4.78, 5) is 30.5. The number of fused-ring (bicyclic) bond motifs is 1. The Labute approximate surface area is 206 Å². The number of esters is 1. The Hall–Kier alpha value is -1.61. The molecule has 0 bridgehead atoms. The second-order valence-electron chi connectivity index (χ2n) is 10.6. The van der Waals surface area contributed by atoms with E-state index in [-0.39, 0.29) is 30.3 Å². The van der Waals surface area contributed by atoms with Crippen molar-refractivity contribution in [3.05, 3.63) is 21.7 Å². The highest BCUT2D eigenvalue weighted by Crippen LogP contribution is 2.36. The summed E-state index contributed by atoms with van der Waals surface area (Å²) in [6.45, 7) is 10.8. The second-order valence-corrected chi connectivity index (χ2v) is 11.7. The Balaban J connectivity index is 1.81. The molecule has 7 nitrogen and oxygen atoms in total. The number of rotatable bonds is 2. The number of ketones is 1. The van der Waals surface area contributed by atoms with E-state index in [1.807, 2.05) is 32.2 Å². The van der Waals surface area contributed by atoms with Crippen LogP contribution in [0.3, 0.4) is 0 Å². The maximum Gasteiger partial charge on any atom is 0.309 e. The highest BCUT2D eigenvalue weighted by Gasteiger charge is 2.44. The van der Waals surface area contributed by atoms with Gasteiger partial charge in [-0.15, -0.1) is 11.3 Å². The van der Waals surface area contributed by atoms with Crippen LogP contribution in [0, 0.1) is 24.2 Å². The van der Waals surface area contributed by atoms with Gasteiger partial charge in [-0.05, 0) is 44.3 Å². The van der Waals surface area contributed by atoms with Crippen LogP contribution >= 0.6 is 11.3 Å². The molecule has 1 aromatic heterocycles. The first-order valence-electron chi connectivity index (χ1n) is 12.3. The summed E-state index contributed by atoms with van der Waals surface area (Å²) in [5, 5.41) is 24.5. The van der Waals surface area contributed by atoms with E-state index in [2.05, 4.69) is 4.98 Å². The zero-order chi connectivity index (χ0) is 25.2. The van der Waals surface area contributed by atoms with E-state index in [0.29, 0.717) is 6.42 Å². The van der Waals surface area contributed by atoms with Crippen molar-refractivity contribution in [2.45, 2.75) is 104 Å². The lowest BCUT2D eigenvalue weighted by molar-refractivity contribution is -0.154. The summed E-state index contributed by atoms with van der Waals surface area (Å²) in [6, 6.07) is 0. The monoisotopic (exact) mass is 493 g/mol. The third-order valence-corrected chi connectivity index (χ3v) is 8.20. The van der Waals surface area contributed by atoms with Crippen molar-refractivity contribution < 1.29 is 29.3 Å². The van der Waals surface area contributed by atoms with Gasteiger partial charge in [0.1, 0.15) is 11.9 Å². The first kappa shape index (κ1) is 27.0. The molecule has 0 amide bonds. The highest BCUT2D eigenvalue weighted by atomic mass is 32.1. The molecule has 0 saturated carbocycles. The number of carbonyl (C=O) groups excluding carboxylic acids is 2. The van der Waals surface area contributed by atoms with Gasteiger partial charge in [0, 0.05) is 17.7 Å². The molecule has 2 aliphatic rings. The lowest BCUT2D eigenvalue weighted by atomic mass is 9.73. The molecule has 0 aromatic carbocycles. The zero-order valence-corrected chi connectivity index (χ0v) is 21.9. The number of thiazole rings is 1. The van der Waals surface area contributed by atoms with Gasteiger partial charge in [0.2, 0.25) is 0 Å². The van der Waals surface area contributed by atoms with Gasteiger partial charge in [0.15, 0.2) is 0 Å². The SMILES string of the molecule is C/C(=C/c1csc(C)n1)[C@H]1C[C@@H]2O[C@@H]2CCC[C@H](C)[C@H](O)[C@@H](C)C(=O)C(C)(C)[C@@H](O)CC(=O)O1. The minimum atomic E-state index is -1.22. The molecule has 2 saturated heterocycles. The standard InChI is InChI=1S/C26H39NO6S/c1-14-8-7-9-19-21(32-19)11-20(15(2)10-18-13-34-17(4)27-18)33-23(29)12-22(28)26(5,6)25(31)16(3)24(14)30/h10,13-14,16,19-22,24,28,30H,7-9,11-12H2,1-6H3/b15-10-/t14-,16+,19+,20+,21-,22-,24-/m0/s1. The summed E-state index contributed by atoms with van der Waals surface area (Å²) in [5.41, 5.74) is 0.494. The van der Waals surface area contributed by atoms with Crippen molar-refractivity contribution in [1.82, 2.24) is 4.98 Å². The number of hydrogen-bond donors (Lipinski definition) is 2. The molecule has 0 aliphatic carbocycles. The largest absolute Gasteiger partial charge is 0.458 e. The van der Waals surface area contributed by atoms with E-state index < -0.39 is 35.6 Å². The Bertz CT molecular complexity index is 909. The number of aryl methyl sites for hydroxylation is 1. The van der Waals surface area contributed by atoms with Crippen LogP contribution in [0.1, 0.15) is 77.4 Å². The predicted octanol–water partition coefficient (Wildman–Crippen LogP) is 4.09. The quantitative estimate of drug-likeness (QED) is 0.472. The third kappa shape index (κ3) is 6.53. The number of aliphatic hydroxyl groups excluding tert-OH is 2. The molecule has 3 heterocycles. The number of nitrogens with zero attached hydrogens (tertiary/aromatic N) is 1. The van der Waals surface area contributed by atoms with Crippen LogP contribution in [-0.2, 0) is 19.1 Å². The molecule has 0 spiro atoms. The Morgan fingerprint density at radius 1 is 1.21 bits per heavy atom. The maximum absolute atomic E-state index is 13.2. The molecule has 0 unspecified atom stereocenters. The molecular weight excluding hydrogens is 454 g/mol. The van der Waals surface area contributed by atoms with Crippen LogP contribution in [0.5, 0.6) is 0 Å². The molecule has 3 rings (SSSR count). The number of aliphatic hydroxyl groups is 2. The van der Waals surface area contributed by atoms with Gasteiger partial charge in [-0.3, -0.25) is 9.59 Å². The van der Waals surface area contributed by atoms with Crippen molar-refractivity contribution in [1.29, 1.82) is 0 Å². The maximum atomic E-state index is 13.2. The van der Waals surface area contributed by atoms with Crippen molar-refractivity contribution in [2.24, 2.45) is 17.3 Å². The smallest absolute Gasteiger partial charge is 0.309 e. The Morgan fingerprint density at radius 2 is 1.91 bits per heavy atom. The molecule has 34 heavy (non-hydrogen) atoms. The van der Waals surface area contributed by atoms with Crippen LogP contribution in [0.25, 0.3) is 6.08 Å². The molecular formula is C26H39NO6S. The summed E-state index contributed by atoms with van der Waals surface area (Å²) >= 11 is 1.56. The van der Waals surface area contributed by atoms with Gasteiger partial charge in [-0.25, -0.2) is 4.98 Å². The number of cyclic esters (lactones) is 1. The fourth-order valence-electron chi connectivity index (χ4n) is 4.78. The van der Waals surface area contributed by atoms with E-state index in [1.165, 1.54) is 0 Å².